The van der Waals surface area contributed by atoms with E-state index in [1.807, 2.05) is 0 Å². The van der Waals surface area contributed by atoms with Gasteiger partial charge >= 0.3 is 20.2 Å². The van der Waals surface area contributed by atoms with Crippen molar-refractivity contribution in [2.45, 2.75) is 96.8 Å². The summed E-state index contributed by atoms with van der Waals surface area (Å²) >= 11 is 0. The van der Waals surface area contributed by atoms with Gasteiger partial charge in [-0.15, -0.1) is 0 Å². The molecule has 0 aliphatic carbocycles. The Morgan fingerprint density at radius 1 is 0.881 bits per heavy atom. The summed E-state index contributed by atoms with van der Waals surface area (Å²) in [4.78, 5) is 52.4. The van der Waals surface area contributed by atoms with Gasteiger partial charge in [0, 0.05) is 42.9 Å². The van der Waals surface area contributed by atoms with E-state index >= 15 is 0 Å². The Morgan fingerprint density at radius 3 is 1.79 bits per heavy atom. The van der Waals surface area contributed by atoms with Crippen molar-refractivity contribution in [2.75, 3.05) is 19.6 Å². The summed E-state index contributed by atoms with van der Waals surface area (Å²) in [5.41, 5.74) is -1.82. The van der Waals surface area contributed by atoms with Gasteiger partial charge < -0.3 is 30.1 Å². The Balaban J connectivity index is 3.09. The Hall–Kier alpha value is -3.84. The molecule has 1 aromatic carbocycles. The quantitative estimate of drug-likeness (QED) is 0.0646. The molecule has 0 aromatic heterocycles. The van der Waals surface area contributed by atoms with Crippen LogP contribution in [0.25, 0.3) is 0 Å². The number of alkyl carbamates (subject to hydrolysis) is 2. The first-order valence-corrected chi connectivity index (χ1v) is 14.1. The fraction of sp³-hybridized carbons (Fsp3) is 0.643. The normalized spacial score (nSPS) is 12.0. The summed E-state index contributed by atoms with van der Waals surface area (Å²) < 4.78 is 15.5. The van der Waals surface area contributed by atoms with E-state index in [2.05, 4.69) is 20.9 Å². The van der Waals surface area contributed by atoms with E-state index in [1.54, 1.807) is 41.5 Å². The fourth-order valence-electron chi connectivity index (χ4n) is 4.11. The van der Waals surface area contributed by atoms with Gasteiger partial charge in [0.05, 0.1) is 4.92 Å². The van der Waals surface area contributed by atoms with Crippen LogP contribution >= 0.6 is 0 Å². The zero-order valence-electron chi connectivity index (χ0n) is 25.9. The van der Waals surface area contributed by atoms with Crippen molar-refractivity contribution in [3.05, 3.63) is 39.9 Å². The first kappa shape index (κ1) is 36.2. The van der Waals surface area contributed by atoms with Crippen molar-refractivity contribution < 1.29 is 33.4 Å². The predicted molar refractivity (Wildman–Crippen MR) is 162 cm³/mol. The first-order chi connectivity index (χ1) is 19.6. The molecule has 1 aromatic rings. The molecule has 0 unspecified atom stereocenters. The minimum Gasteiger partial charge on any atom is -0.560 e. The maximum atomic E-state index is 13.4. The minimum absolute atomic E-state index is 0.116. The summed E-state index contributed by atoms with van der Waals surface area (Å²) in [6.45, 7) is 11.8. The van der Waals surface area contributed by atoms with Crippen molar-refractivity contribution >= 4 is 38.2 Å². The SMILES string of the molecule is BOC=NCCCC(CCCNC(=O)OC(C)(C)C)(CCCNC(=O)OC(C)(C)C)NC(=O)c1ccc([N+](=O)[O-])cc1. The third-order valence-corrected chi connectivity index (χ3v) is 5.84. The number of nitrogens with zero attached hydrogens (tertiary/aromatic N) is 2. The van der Waals surface area contributed by atoms with Crippen LogP contribution < -0.4 is 16.0 Å². The number of carbonyl (C=O) groups excluding carboxylic acids is 3. The molecular formula is C28H46BN5O8. The maximum absolute atomic E-state index is 13.4. The van der Waals surface area contributed by atoms with Gasteiger partial charge in [0.15, 0.2) is 6.40 Å². The Morgan fingerprint density at radius 2 is 1.36 bits per heavy atom. The first-order valence-electron chi connectivity index (χ1n) is 14.1. The van der Waals surface area contributed by atoms with Crippen LogP contribution in [-0.4, -0.2) is 73.8 Å². The zero-order valence-corrected chi connectivity index (χ0v) is 25.9. The van der Waals surface area contributed by atoms with Crippen molar-refractivity contribution in [2.24, 2.45) is 4.99 Å². The molecule has 3 amide bonds. The van der Waals surface area contributed by atoms with Gasteiger partial charge in [-0.05, 0) is 92.2 Å². The summed E-state index contributed by atoms with van der Waals surface area (Å²) in [5.74, 6) is -0.384. The maximum Gasteiger partial charge on any atom is 0.407 e. The van der Waals surface area contributed by atoms with E-state index in [4.69, 9.17) is 14.1 Å². The van der Waals surface area contributed by atoms with Crippen LogP contribution in [0.3, 0.4) is 0 Å². The second-order valence-electron chi connectivity index (χ2n) is 12.0. The molecule has 1 rings (SSSR count). The second-order valence-corrected chi connectivity index (χ2v) is 12.0. The molecule has 0 aliphatic heterocycles. The van der Waals surface area contributed by atoms with E-state index in [0.29, 0.717) is 58.2 Å². The number of aliphatic imine (C=N–C) groups is 1. The lowest BCUT2D eigenvalue weighted by molar-refractivity contribution is -0.384. The van der Waals surface area contributed by atoms with Crippen LogP contribution in [0.5, 0.6) is 0 Å². The molecule has 42 heavy (non-hydrogen) atoms. The van der Waals surface area contributed by atoms with E-state index in [1.165, 1.54) is 38.7 Å². The standard InChI is InChI=1S/C28H46BN5O8/c1-26(2,3)41-24(36)31-18-8-15-28(14-7-17-30-20-40-29,16-9-19-32-25(37)42-27(4,5)6)33-23(35)21-10-12-22(13-11-21)34(38)39/h10-13,20H,7-9,14-19,29H2,1-6H3,(H,31,36)(H,32,37)(H,33,35). The molecule has 0 atom stereocenters. The molecule has 13 nitrogen and oxygen atoms in total. The highest BCUT2D eigenvalue weighted by atomic mass is 16.6. The van der Waals surface area contributed by atoms with Crippen LogP contribution in [0.2, 0.25) is 0 Å². The molecule has 0 saturated heterocycles. The lowest BCUT2D eigenvalue weighted by Gasteiger charge is -2.36. The lowest BCUT2D eigenvalue weighted by Crippen LogP contribution is -2.49. The van der Waals surface area contributed by atoms with E-state index in [9.17, 15) is 24.5 Å². The van der Waals surface area contributed by atoms with Crippen molar-refractivity contribution in [1.29, 1.82) is 0 Å². The van der Waals surface area contributed by atoms with Gasteiger partial charge in [0.25, 0.3) is 11.6 Å². The highest BCUT2D eigenvalue weighted by Gasteiger charge is 2.31. The molecule has 0 saturated carbocycles. The predicted octanol–water partition coefficient (Wildman–Crippen LogP) is 4.05. The highest BCUT2D eigenvalue weighted by Crippen LogP contribution is 2.27. The van der Waals surface area contributed by atoms with Gasteiger partial charge in [-0.1, -0.05) is 0 Å². The van der Waals surface area contributed by atoms with Crippen LogP contribution in [0.1, 0.15) is 90.4 Å². The number of nitrogens with one attached hydrogen (secondary N) is 3. The number of amides is 3. The number of nitro groups is 1. The Kier molecular flexibility index (Phi) is 14.8. The number of benzene rings is 1. The van der Waals surface area contributed by atoms with Crippen molar-refractivity contribution in [1.82, 2.24) is 16.0 Å². The van der Waals surface area contributed by atoms with Crippen LogP contribution in [0.15, 0.2) is 29.3 Å². The minimum atomic E-state index is -0.729. The van der Waals surface area contributed by atoms with E-state index in [0.717, 1.165) is 0 Å². The average Bonchev–Trinajstić information content (AvgIpc) is 2.87. The average molecular weight is 592 g/mol. The molecule has 0 fully saturated rings. The highest BCUT2D eigenvalue weighted by molar-refractivity contribution is 6.02. The van der Waals surface area contributed by atoms with Gasteiger partial charge in [0.1, 0.15) is 11.2 Å². The van der Waals surface area contributed by atoms with E-state index < -0.39 is 33.9 Å². The van der Waals surface area contributed by atoms with Gasteiger partial charge in [-0.3, -0.25) is 19.9 Å². The summed E-state index contributed by atoms with van der Waals surface area (Å²) in [6.07, 6.45) is 3.53. The molecule has 234 valence electrons. The zero-order chi connectivity index (χ0) is 31.8. The summed E-state index contributed by atoms with van der Waals surface area (Å²) in [6, 6.07) is 5.39. The number of rotatable bonds is 16. The lowest BCUT2D eigenvalue weighted by atomic mass is 9.83. The van der Waals surface area contributed by atoms with Crippen LogP contribution in [0, 0.1) is 10.1 Å². The van der Waals surface area contributed by atoms with Gasteiger partial charge in [-0.25, -0.2) is 9.59 Å². The van der Waals surface area contributed by atoms with Crippen LogP contribution in [0.4, 0.5) is 15.3 Å². The third-order valence-electron chi connectivity index (χ3n) is 5.84. The smallest absolute Gasteiger partial charge is 0.407 e. The summed E-state index contributed by atoms with van der Waals surface area (Å²) in [5, 5.41) is 19.7. The monoisotopic (exact) mass is 591 g/mol. The number of hydrogen-bond acceptors (Lipinski definition) is 9. The second kappa shape index (κ2) is 17.2. The van der Waals surface area contributed by atoms with Crippen molar-refractivity contribution in [3.8, 4) is 0 Å². The van der Waals surface area contributed by atoms with E-state index in [-0.39, 0.29) is 17.2 Å². The third kappa shape index (κ3) is 15.8. The largest absolute Gasteiger partial charge is 0.560 e. The number of carbonyl (C=O) groups is 3. The Labute approximate surface area is 249 Å². The molecule has 0 radical (unpaired) electrons. The molecule has 0 heterocycles. The molecule has 0 spiro atoms. The van der Waals surface area contributed by atoms with Crippen LogP contribution in [-0.2, 0) is 14.1 Å². The van der Waals surface area contributed by atoms with Crippen molar-refractivity contribution in [3.63, 3.8) is 0 Å². The molecule has 0 aliphatic rings. The van der Waals surface area contributed by atoms with Gasteiger partial charge in [0.2, 0.25) is 0 Å². The van der Waals surface area contributed by atoms with Gasteiger partial charge in [-0.2, -0.15) is 0 Å². The molecule has 0 bridgehead atoms. The number of ether oxygens (including phenoxy) is 2. The number of nitro benzene ring substituents is 1. The molecule has 3 N–H and O–H groups in total. The number of hydrogen-bond donors (Lipinski definition) is 3. The molecule has 14 heteroatoms. The molecular weight excluding hydrogens is 545 g/mol. The summed E-state index contributed by atoms with van der Waals surface area (Å²) in [7, 11) is 1.51. The number of non-ortho nitro benzene ring substituents is 1. The fourth-order valence-corrected chi connectivity index (χ4v) is 4.11. The topological polar surface area (TPSA) is 170 Å². The Bertz CT molecular complexity index is 1020.